The molecule has 0 bridgehead atoms. The monoisotopic (exact) mass is 367 g/mol. The number of hydrogen-bond donors (Lipinski definition) is 2. The number of aromatic nitrogens is 1. The Morgan fingerprint density at radius 1 is 1.12 bits per heavy atom. The molecular formula is C19H14ClN3OS. The van der Waals surface area contributed by atoms with E-state index >= 15 is 0 Å². The van der Waals surface area contributed by atoms with Crippen molar-refractivity contribution in [3.8, 4) is 11.1 Å². The molecule has 0 amide bonds. The molecule has 4 rings (SSSR count). The van der Waals surface area contributed by atoms with Crippen LogP contribution in [0, 0.1) is 6.57 Å². The van der Waals surface area contributed by atoms with E-state index in [-0.39, 0.29) is 18.0 Å². The molecule has 0 unspecified atom stereocenters. The Hall–Kier alpha value is -2.65. The van der Waals surface area contributed by atoms with Crippen LogP contribution in [0.2, 0.25) is 0 Å². The lowest BCUT2D eigenvalue weighted by Gasteiger charge is -2.11. The number of nitrogens with one attached hydrogen (secondary N) is 1. The van der Waals surface area contributed by atoms with Gasteiger partial charge < -0.3 is 10.7 Å². The molecule has 0 aliphatic carbocycles. The van der Waals surface area contributed by atoms with Crippen LogP contribution in [0.25, 0.3) is 37.0 Å². The second-order valence-corrected chi connectivity index (χ2v) is 6.43. The Morgan fingerprint density at radius 2 is 1.88 bits per heavy atom. The summed E-state index contributed by atoms with van der Waals surface area (Å²) in [4.78, 5) is 18.8. The minimum Gasteiger partial charge on any atom is -0.326 e. The zero-order chi connectivity index (χ0) is 16.7. The van der Waals surface area contributed by atoms with Crippen molar-refractivity contribution >= 4 is 50.4 Å². The lowest BCUT2D eigenvalue weighted by atomic mass is 9.96. The van der Waals surface area contributed by atoms with E-state index in [4.69, 9.17) is 12.3 Å². The van der Waals surface area contributed by atoms with E-state index < -0.39 is 0 Å². The number of nitrogens with two attached hydrogens (primary N) is 1. The van der Waals surface area contributed by atoms with Crippen LogP contribution < -0.4 is 11.3 Å². The van der Waals surface area contributed by atoms with Crippen LogP contribution in [0.5, 0.6) is 0 Å². The van der Waals surface area contributed by atoms with Crippen LogP contribution in [0.4, 0.5) is 5.69 Å². The molecule has 3 N–H and O–H groups in total. The Labute approximate surface area is 154 Å². The van der Waals surface area contributed by atoms with Gasteiger partial charge in [0.2, 0.25) is 0 Å². The van der Waals surface area contributed by atoms with Crippen molar-refractivity contribution < 1.29 is 0 Å². The van der Waals surface area contributed by atoms with Crippen molar-refractivity contribution in [2.45, 2.75) is 6.54 Å². The number of hydrogen-bond acceptors (Lipinski definition) is 3. The quantitative estimate of drug-likeness (QED) is 0.498. The molecule has 0 atom stereocenters. The Bertz CT molecular complexity index is 1170. The molecule has 124 valence electrons. The van der Waals surface area contributed by atoms with Crippen molar-refractivity contribution in [3.63, 3.8) is 0 Å². The molecule has 25 heavy (non-hydrogen) atoms. The first kappa shape index (κ1) is 17.2. The van der Waals surface area contributed by atoms with Crippen molar-refractivity contribution in [1.82, 2.24) is 4.98 Å². The van der Waals surface area contributed by atoms with E-state index in [9.17, 15) is 4.79 Å². The highest BCUT2D eigenvalue weighted by atomic mass is 35.5. The summed E-state index contributed by atoms with van der Waals surface area (Å²) in [6, 6.07) is 13.4. The summed E-state index contributed by atoms with van der Waals surface area (Å²) in [5.74, 6) is 0. The molecule has 2 aromatic heterocycles. The van der Waals surface area contributed by atoms with Gasteiger partial charge in [-0.3, -0.25) is 4.79 Å². The highest BCUT2D eigenvalue weighted by Crippen LogP contribution is 2.40. The number of nitrogens with zero attached hydrogens (tertiary/aromatic N) is 1. The lowest BCUT2D eigenvalue weighted by Crippen LogP contribution is -2.04. The van der Waals surface area contributed by atoms with Gasteiger partial charge in [0.25, 0.3) is 5.56 Å². The van der Waals surface area contributed by atoms with Gasteiger partial charge in [-0.15, -0.1) is 23.7 Å². The summed E-state index contributed by atoms with van der Waals surface area (Å²) in [5.41, 5.74) is 9.74. The number of rotatable bonds is 2. The van der Waals surface area contributed by atoms with Gasteiger partial charge in [0.05, 0.1) is 6.57 Å². The number of halogens is 1. The average molecular weight is 368 g/mol. The zero-order valence-corrected chi connectivity index (χ0v) is 14.7. The van der Waals surface area contributed by atoms with Crippen LogP contribution in [0.3, 0.4) is 0 Å². The third kappa shape index (κ3) is 2.71. The highest BCUT2D eigenvalue weighted by molar-refractivity contribution is 7.17. The second-order valence-electron chi connectivity index (χ2n) is 5.51. The predicted octanol–water partition coefficient (Wildman–Crippen LogP) is 4.84. The Morgan fingerprint density at radius 3 is 2.56 bits per heavy atom. The Kier molecular flexibility index (Phi) is 4.60. The van der Waals surface area contributed by atoms with Gasteiger partial charge >= 0.3 is 0 Å². The maximum absolute atomic E-state index is 12.2. The minimum atomic E-state index is -0.0903. The standard InChI is InChI=1S/C19H13N3OS.ClH/c1-21-14-6-7-15-17(13-8-9-24-18(13)19(23)22-15)16(14)12-4-2-11(10-20)3-5-12;/h2-9H,10,20H2,(H,22,23);1H. The second kappa shape index (κ2) is 6.69. The normalized spacial score (nSPS) is 10.6. The third-order valence-corrected chi connectivity index (χ3v) is 5.08. The smallest absolute Gasteiger partial charge is 0.266 e. The van der Waals surface area contributed by atoms with Gasteiger partial charge in [0.1, 0.15) is 4.70 Å². The van der Waals surface area contributed by atoms with Crippen LogP contribution in [0.1, 0.15) is 5.56 Å². The van der Waals surface area contributed by atoms with Gasteiger partial charge in [0, 0.05) is 22.8 Å². The maximum Gasteiger partial charge on any atom is 0.266 e. The number of fused-ring (bicyclic) bond motifs is 3. The lowest BCUT2D eigenvalue weighted by molar-refractivity contribution is 1.07. The van der Waals surface area contributed by atoms with Gasteiger partial charge in [-0.1, -0.05) is 30.3 Å². The Balaban J connectivity index is 0.00000182. The molecule has 0 aliphatic heterocycles. The van der Waals surface area contributed by atoms with Crippen molar-refractivity contribution in [2.75, 3.05) is 0 Å². The highest BCUT2D eigenvalue weighted by Gasteiger charge is 2.15. The van der Waals surface area contributed by atoms with Crippen molar-refractivity contribution in [2.24, 2.45) is 5.73 Å². The van der Waals surface area contributed by atoms with Crippen molar-refractivity contribution in [1.29, 1.82) is 0 Å². The molecule has 4 nitrogen and oxygen atoms in total. The molecule has 2 heterocycles. The van der Waals surface area contributed by atoms with E-state index in [2.05, 4.69) is 9.83 Å². The van der Waals surface area contributed by atoms with E-state index in [1.54, 1.807) is 12.1 Å². The molecule has 0 spiro atoms. The summed E-state index contributed by atoms with van der Waals surface area (Å²) in [6.07, 6.45) is 0. The fraction of sp³-hybridized carbons (Fsp3) is 0.0526. The van der Waals surface area contributed by atoms with Crippen LogP contribution >= 0.6 is 23.7 Å². The molecule has 0 aliphatic rings. The molecule has 0 saturated carbocycles. The topological polar surface area (TPSA) is 63.2 Å². The maximum atomic E-state index is 12.2. The van der Waals surface area contributed by atoms with Gasteiger partial charge in [0.15, 0.2) is 5.69 Å². The number of H-pyrrole nitrogens is 1. The fourth-order valence-corrected chi connectivity index (χ4v) is 3.82. The predicted molar refractivity (Wildman–Crippen MR) is 107 cm³/mol. The molecule has 2 aromatic carbocycles. The molecule has 0 radical (unpaired) electrons. The van der Waals surface area contributed by atoms with Gasteiger partial charge in [-0.25, -0.2) is 4.85 Å². The van der Waals surface area contributed by atoms with Gasteiger partial charge in [-0.2, -0.15) is 0 Å². The van der Waals surface area contributed by atoms with Crippen LogP contribution in [-0.2, 0) is 6.54 Å². The summed E-state index contributed by atoms with van der Waals surface area (Å²) in [7, 11) is 0. The summed E-state index contributed by atoms with van der Waals surface area (Å²) >= 11 is 1.41. The third-order valence-electron chi connectivity index (χ3n) is 4.17. The number of benzene rings is 2. The summed E-state index contributed by atoms with van der Waals surface area (Å²) in [5, 5.41) is 3.72. The van der Waals surface area contributed by atoms with Crippen LogP contribution in [0.15, 0.2) is 52.6 Å². The molecule has 4 aromatic rings. The summed E-state index contributed by atoms with van der Waals surface area (Å²) in [6.45, 7) is 8.02. The van der Waals surface area contributed by atoms with Crippen LogP contribution in [-0.4, -0.2) is 4.98 Å². The number of pyridine rings is 1. The molecule has 6 heteroatoms. The first-order chi connectivity index (χ1) is 11.7. The largest absolute Gasteiger partial charge is 0.326 e. The van der Waals surface area contributed by atoms with E-state index in [0.29, 0.717) is 16.9 Å². The van der Waals surface area contributed by atoms with E-state index in [0.717, 1.165) is 33.0 Å². The van der Waals surface area contributed by atoms with Crippen molar-refractivity contribution in [3.05, 3.63) is 75.2 Å². The first-order valence-electron chi connectivity index (χ1n) is 7.46. The van der Waals surface area contributed by atoms with E-state index in [1.807, 2.05) is 35.7 Å². The number of thiophene rings is 1. The first-order valence-corrected chi connectivity index (χ1v) is 8.34. The molecule has 0 fully saturated rings. The number of aromatic amines is 1. The van der Waals surface area contributed by atoms with E-state index in [1.165, 1.54) is 11.3 Å². The minimum absolute atomic E-state index is 0. The molecule has 0 saturated heterocycles. The summed E-state index contributed by atoms with van der Waals surface area (Å²) < 4.78 is 0.685. The van der Waals surface area contributed by atoms with Gasteiger partial charge in [-0.05, 0) is 34.2 Å². The fourth-order valence-electron chi connectivity index (χ4n) is 3.03. The SMILES string of the molecule is Cl.[C-]#[N+]c1ccc2[nH]c(=O)c3sccc3c2c1-c1ccc(CN)cc1. The zero-order valence-electron chi connectivity index (χ0n) is 13.1. The average Bonchev–Trinajstić information content (AvgIpc) is 3.11. The molecular weight excluding hydrogens is 354 g/mol.